The monoisotopic (exact) mass is 444 g/mol. The van der Waals surface area contributed by atoms with Gasteiger partial charge in [0, 0.05) is 24.4 Å². The quantitative estimate of drug-likeness (QED) is 0.597. The largest absolute Gasteiger partial charge is 0.493 e. The van der Waals surface area contributed by atoms with Gasteiger partial charge in [0.15, 0.2) is 11.5 Å². The summed E-state index contributed by atoms with van der Waals surface area (Å²) in [6.45, 7) is 0. The van der Waals surface area contributed by atoms with Crippen LogP contribution >= 0.6 is 0 Å². The molecule has 7 nitrogen and oxygen atoms in total. The molecule has 3 aromatic carbocycles. The molecule has 0 heterocycles. The Kier molecular flexibility index (Phi) is 6.45. The van der Waals surface area contributed by atoms with Crippen LogP contribution in [0.25, 0.3) is 0 Å². The smallest absolute Gasteiger partial charge is 0.264 e. The number of carbonyl (C=O) groups is 1. The molecule has 1 N–H and O–H groups in total. The number of rotatable bonds is 7. The molecule has 0 aliphatic carbocycles. The summed E-state index contributed by atoms with van der Waals surface area (Å²) in [5, 5.41) is 2.59. The Morgan fingerprint density at radius 3 is 2.23 bits per heavy atom. The second-order valence-corrected chi connectivity index (χ2v) is 8.47. The van der Waals surface area contributed by atoms with Crippen molar-refractivity contribution in [1.29, 1.82) is 0 Å². The maximum atomic E-state index is 13.3. The summed E-state index contributed by atoms with van der Waals surface area (Å²) in [6.07, 6.45) is 0. The molecular weight excluding hydrogens is 423 g/mol. The highest BCUT2D eigenvalue weighted by Gasteiger charge is 2.23. The number of hydrogen-bond donors (Lipinski definition) is 1. The molecule has 162 valence electrons. The van der Waals surface area contributed by atoms with Gasteiger partial charge in [-0.1, -0.05) is 6.07 Å². The van der Waals surface area contributed by atoms with Crippen LogP contribution in [0.3, 0.4) is 0 Å². The van der Waals surface area contributed by atoms with E-state index in [9.17, 15) is 17.6 Å². The first-order valence-corrected chi connectivity index (χ1v) is 10.6. The van der Waals surface area contributed by atoms with E-state index in [2.05, 4.69) is 5.32 Å². The van der Waals surface area contributed by atoms with E-state index in [-0.39, 0.29) is 4.90 Å². The number of anilines is 2. The van der Waals surface area contributed by atoms with E-state index >= 15 is 0 Å². The lowest BCUT2D eigenvalue weighted by atomic mass is 10.2. The highest BCUT2D eigenvalue weighted by molar-refractivity contribution is 7.92. The zero-order valence-corrected chi connectivity index (χ0v) is 17.9. The normalized spacial score (nSPS) is 11.0. The van der Waals surface area contributed by atoms with Crippen molar-refractivity contribution in [2.75, 3.05) is 30.9 Å². The Morgan fingerprint density at radius 1 is 0.935 bits per heavy atom. The molecule has 0 aliphatic rings. The number of sulfonamides is 1. The lowest BCUT2D eigenvalue weighted by molar-refractivity contribution is 0.102. The van der Waals surface area contributed by atoms with Gasteiger partial charge in [-0.2, -0.15) is 0 Å². The number of nitrogens with one attached hydrogen (secondary N) is 1. The molecule has 3 aromatic rings. The van der Waals surface area contributed by atoms with Gasteiger partial charge < -0.3 is 14.8 Å². The topological polar surface area (TPSA) is 84.9 Å². The minimum Gasteiger partial charge on any atom is -0.493 e. The zero-order valence-electron chi connectivity index (χ0n) is 17.1. The van der Waals surface area contributed by atoms with Crippen LogP contribution in [0, 0.1) is 5.82 Å². The molecule has 0 saturated heterocycles. The van der Waals surface area contributed by atoms with Crippen LogP contribution in [0.4, 0.5) is 15.8 Å². The van der Waals surface area contributed by atoms with Crippen LogP contribution in [0.15, 0.2) is 71.6 Å². The van der Waals surface area contributed by atoms with Crippen molar-refractivity contribution in [3.05, 3.63) is 78.1 Å². The minimum atomic E-state index is -3.88. The fourth-order valence-corrected chi connectivity index (χ4v) is 4.08. The Balaban J connectivity index is 1.80. The predicted molar refractivity (Wildman–Crippen MR) is 116 cm³/mol. The Morgan fingerprint density at radius 2 is 1.61 bits per heavy atom. The standard InChI is InChI=1S/C22H21FN2O5S/c1-25(31(27,28)19-11-12-20(29-2)21(14-19)30-3)18-9-7-15(8-10-18)22(26)24-17-6-4-5-16(23)13-17/h4-14H,1-3H3,(H,24,26). The van der Waals surface area contributed by atoms with Gasteiger partial charge in [-0.25, -0.2) is 12.8 Å². The average molecular weight is 444 g/mol. The number of amides is 1. The van der Waals surface area contributed by atoms with E-state index in [0.29, 0.717) is 28.4 Å². The first kappa shape index (κ1) is 22.1. The van der Waals surface area contributed by atoms with Crippen LogP contribution in [-0.4, -0.2) is 35.6 Å². The Labute approximate surface area is 180 Å². The SMILES string of the molecule is COc1ccc(S(=O)(=O)N(C)c2ccc(C(=O)Nc3cccc(F)c3)cc2)cc1OC. The molecular formula is C22H21FN2O5S. The number of ether oxygens (including phenoxy) is 2. The maximum absolute atomic E-state index is 13.3. The van der Waals surface area contributed by atoms with Crippen molar-refractivity contribution < 1.29 is 27.1 Å². The molecule has 0 radical (unpaired) electrons. The molecule has 0 aromatic heterocycles. The van der Waals surface area contributed by atoms with Crippen molar-refractivity contribution in [1.82, 2.24) is 0 Å². The summed E-state index contributed by atoms with van der Waals surface area (Å²) in [5.74, 6) is -0.197. The molecule has 0 aliphatic heterocycles. The minimum absolute atomic E-state index is 0.0283. The van der Waals surface area contributed by atoms with Gasteiger partial charge in [0.25, 0.3) is 15.9 Å². The van der Waals surface area contributed by atoms with Crippen molar-refractivity contribution in [3.8, 4) is 11.5 Å². The summed E-state index contributed by atoms with van der Waals surface area (Å²) in [4.78, 5) is 12.4. The number of carbonyl (C=O) groups excluding carboxylic acids is 1. The van der Waals surface area contributed by atoms with E-state index in [4.69, 9.17) is 9.47 Å². The lowest BCUT2D eigenvalue weighted by Gasteiger charge is -2.20. The average Bonchev–Trinajstić information content (AvgIpc) is 2.78. The molecule has 0 fully saturated rings. The maximum Gasteiger partial charge on any atom is 0.264 e. The summed E-state index contributed by atoms with van der Waals surface area (Å²) in [7, 11) is 0.415. The molecule has 9 heteroatoms. The number of methoxy groups -OCH3 is 2. The Bertz CT molecular complexity index is 1200. The third-order valence-electron chi connectivity index (χ3n) is 4.59. The van der Waals surface area contributed by atoms with E-state index in [1.807, 2.05) is 0 Å². The molecule has 0 bridgehead atoms. The predicted octanol–water partition coefficient (Wildman–Crippen LogP) is 3.92. The van der Waals surface area contributed by atoms with E-state index in [1.165, 1.54) is 81.9 Å². The van der Waals surface area contributed by atoms with E-state index in [0.717, 1.165) is 4.31 Å². The zero-order chi connectivity index (χ0) is 22.6. The second kappa shape index (κ2) is 9.05. The van der Waals surface area contributed by atoms with Gasteiger partial charge in [-0.3, -0.25) is 9.10 Å². The lowest BCUT2D eigenvalue weighted by Crippen LogP contribution is -2.26. The molecule has 3 rings (SSSR count). The molecule has 0 spiro atoms. The first-order valence-electron chi connectivity index (χ1n) is 9.14. The van der Waals surface area contributed by atoms with Crippen LogP contribution in [0.1, 0.15) is 10.4 Å². The van der Waals surface area contributed by atoms with Crippen LogP contribution in [0.5, 0.6) is 11.5 Å². The summed E-state index contributed by atoms with van der Waals surface area (Å²) in [6, 6.07) is 15.9. The van der Waals surface area contributed by atoms with Gasteiger partial charge in [0.2, 0.25) is 0 Å². The number of hydrogen-bond acceptors (Lipinski definition) is 5. The van der Waals surface area contributed by atoms with Gasteiger partial charge >= 0.3 is 0 Å². The third-order valence-corrected chi connectivity index (χ3v) is 6.37. The number of nitrogens with zero attached hydrogens (tertiary/aromatic N) is 1. The van der Waals surface area contributed by atoms with E-state index < -0.39 is 21.7 Å². The van der Waals surface area contributed by atoms with E-state index in [1.54, 1.807) is 6.07 Å². The molecule has 31 heavy (non-hydrogen) atoms. The number of halogens is 1. The second-order valence-electron chi connectivity index (χ2n) is 6.50. The highest BCUT2D eigenvalue weighted by Crippen LogP contribution is 2.31. The molecule has 0 unspecified atom stereocenters. The first-order chi connectivity index (χ1) is 14.8. The van der Waals surface area contributed by atoms with Crippen molar-refractivity contribution in [3.63, 3.8) is 0 Å². The Hall–Kier alpha value is -3.59. The molecule has 1 amide bonds. The van der Waals surface area contributed by atoms with Gasteiger partial charge in [-0.15, -0.1) is 0 Å². The van der Waals surface area contributed by atoms with Gasteiger partial charge in [-0.05, 0) is 54.6 Å². The summed E-state index contributed by atoms with van der Waals surface area (Å²) < 4.78 is 50.7. The fourth-order valence-electron chi connectivity index (χ4n) is 2.87. The molecule has 0 saturated carbocycles. The van der Waals surface area contributed by atoms with Crippen LogP contribution in [-0.2, 0) is 10.0 Å². The van der Waals surface area contributed by atoms with Crippen LogP contribution in [0.2, 0.25) is 0 Å². The van der Waals surface area contributed by atoms with Crippen molar-refractivity contribution >= 4 is 27.3 Å². The number of benzene rings is 3. The van der Waals surface area contributed by atoms with Crippen molar-refractivity contribution in [2.45, 2.75) is 4.90 Å². The molecule has 0 atom stereocenters. The van der Waals surface area contributed by atoms with Gasteiger partial charge in [0.1, 0.15) is 5.82 Å². The third kappa shape index (κ3) is 4.77. The summed E-state index contributed by atoms with van der Waals surface area (Å²) in [5.41, 5.74) is 0.976. The van der Waals surface area contributed by atoms with Crippen molar-refractivity contribution in [2.24, 2.45) is 0 Å². The van der Waals surface area contributed by atoms with Gasteiger partial charge in [0.05, 0.1) is 24.8 Å². The fraction of sp³-hybridized carbons (Fsp3) is 0.136. The highest BCUT2D eigenvalue weighted by atomic mass is 32.2. The van der Waals surface area contributed by atoms with Crippen LogP contribution < -0.4 is 19.1 Å². The summed E-state index contributed by atoms with van der Waals surface area (Å²) >= 11 is 0.